The number of nitrogens with one attached hydrogen (secondary N) is 1. The molecule has 2 aromatic rings. The standard InChI is InChI=1S/C20H25N5O10S2/c1-13-9-25(19(27)22-17(13)26)18-15(23-24-21)16(32-10-14-7-5-4-6-8-14)20(35-18,11-33-36(2,28)29)12-34-37(3,30)31/h4-9,15-16,18H,10-12H2,1-3H3,(H,22,26,27)/t15-,16-,18+/m0/s1. The summed E-state index contributed by atoms with van der Waals surface area (Å²) < 4.78 is 70.3. The van der Waals surface area contributed by atoms with Gasteiger partial charge in [0.1, 0.15) is 37.2 Å². The lowest BCUT2D eigenvalue weighted by Crippen LogP contribution is -2.52. The van der Waals surface area contributed by atoms with Gasteiger partial charge in [0, 0.05) is 16.7 Å². The first-order valence-electron chi connectivity index (χ1n) is 10.6. The van der Waals surface area contributed by atoms with Crippen LogP contribution in [0.1, 0.15) is 17.4 Å². The first-order chi connectivity index (χ1) is 17.2. The first-order valence-corrected chi connectivity index (χ1v) is 14.3. The molecule has 0 unspecified atom stereocenters. The second-order valence-corrected chi connectivity index (χ2v) is 11.7. The maximum absolute atomic E-state index is 12.7. The molecule has 1 fully saturated rings. The fraction of sp³-hybridized carbons (Fsp3) is 0.500. The summed E-state index contributed by atoms with van der Waals surface area (Å²) in [7, 11) is -8.17. The lowest BCUT2D eigenvalue weighted by molar-refractivity contribution is -0.154. The van der Waals surface area contributed by atoms with Gasteiger partial charge in [-0.05, 0) is 18.0 Å². The van der Waals surface area contributed by atoms with E-state index in [2.05, 4.69) is 15.0 Å². The van der Waals surface area contributed by atoms with Crippen molar-refractivity contribution in [1.82, 2.24) is 9.55 Å². The number of hydrogen-bond donors (Lipinski definition) is 1. The zero-order chi connectivity index (χ0) is 27.4. The van der Waals surface area contributed by atoms with E-state index in [0.29, 0.717) is 5.56 Å². The normalized spacial score (nSPS) is 21.4. The highest BCUT2D eigenvalue weighted by Gasteiger charge is 2.58. The van der Waals surface area contributed by atoms with Gasteiger partial charge >= 0.3 is 5.69 Å². The summed E-state index contributed by atoms with van der Waals surface area (Å²) in [4.78, 5) is 29.5. The van der Waals surface area contributed by atoms with Gasteiger partial charge in [-0.2, -0.15) is 16.8 Å². The molecule has 17 heteroatoms. The van der Waals surface area contributed by atoms with E-state index in [1.165, 1.54) is 6.92 Å². The third-order valence-corrected chi connectivity index (χ3v) is 6.48. The van der Waals surface area contributed by atoms with Crippen LogP contribution in [0.25, 0.3) is 10.4 Å². The van der Waals surface area contributed by atoms with Crippen molar-refractivity contribution in [2.24, 2.45) is 5.11 Å². The molecule has 3 rings (SSSR count). The molecule has 1 aliphatic rings. The molecule has 3 atom stereocenters. The van der Waals surface area contributed by atoms with Gasteiger partial charge in [-0.15, -0.1) is 0 Å². The van der Waals surface area contributed by atoms with Crippen molar-refractivity contribution < 1.29 is 34.7 Å². The Hall–Kier alpha value is -3.05. The van der Waals surface area contributed by atoms with Gasteiger partial charge < -0.3 is 9.47 Å². The summed E-state index contributed by atoms with van der Waals surface area (Å²) in [5, 5.41) is 3.72. The molecule has 2 heterocycles. The number of azide groups is 1. The number of rotatable bonds is 11. The zero-order valence-corrected chi connectivity index (χ0v) is 21.6. The maximum Gasteiger partial charge on any atom is 0.330 e. The predicted molar refractivity (Wildman–Crippen MR) is 128 cm³/mol. The largest absolute Gasteiger partial charge is 0.370 e. The van der Waals surface area contributed by atoms with Gasteiger partial charge in [0.05, 0.1) is 19.1 Å². The van der Waals surface area contributed by atoms with Gasteiger partial charge in [0.2, 0.25) is 0 Å². The average molecular weight is 560 g/mol. The van der Waals surface area contributed by atoms with Crippen LogP contribution in [-0.4, -0.2) is 69.9 Å². The molecule has 0 aliphatic carbocycles. The number of aryl methyl sites for hydroxylation is 1. The van der Waals surface area contributed by atoms with E-state index in [1.54, 1.807) is 30.3 Å². The van der Waals surface area contributed by atoms with Crippen molar-refractivity contribution >= 4 is 20.2 Å². The third kappa shape index (κ3) is 7.26. The summed E-state index contributed by atoms with van der Waals surface area (Å²) in [5.41, 5.74) is 6.49. The average Bonchev–Trinajstić information content (AvgIpc) is 3.11. The molecule has 37 heavy (non-hydrogen) atoms. The second kappa shape index (κ2) is 11.1. The molecule has 15 nitrogen and oxygen atoms in total. The van der Waals surface area contributed by atoms with Crippen LogP contribution in [0.5, 0.6) is 0 Å². The number of aromatic nitrogens is 2. The highest BCUT2D eigenvalue weighted by atomic mass is 32.2. The SMILES string of the molecule is Cc1cn([C@@H]2OC(COS(C)(=O)=O)(COS(C)(=O)=O)[C@@H](OCc3ccccc3)[C@@H]2N=[N+]=[N-])c(=O)[nH]c1=O. The van der Waals surface area contributed by atoms with Crippen molar-refractivity contribution in [3.63, 3.8) is 0 Å². The van der Waals surface area contributed by atoms with Gasteiger partial charge in [-0.3, -0.25) is 22.7 Å². The Balaban J connectivity index is 2.17. The molecule has 0 radical (unpaired) electrons. The minimum absolute atomic E-state index is 0.0991. The van der Waals surface area contributed by atoms with Crippen molar-refractivity contribution in [3.05, 3.63) is 78.9 Å². The molecule has 1 saturated heterocycles. The summed E-state index contributed by atoms with van der Waals surface area (Å²) in [6.07, 6.45) is -0.150. The smallest absolute Gasteiger partial charge is 0.330 e. The van der Waals surface area contributed by atoms with Gasteiger partial charge in [0.25, 0.3) is 25.8 Å². The number of hydrogen-bond acceptors (Lipinski definition) is 11. The molecule has 1 aromatic heterocycles. The monoisotopic (exact) mass is 559 g/mol. The van der Waals surface area contributed by atoms with Crippen LogP contribution in [0.3, 0.4) is 0 Å². The van der Waals surface area contributed by atoms with Crippen LogP contribution in [0.15, 0.2) is 51.2 Å². The molecule has 1 aliphatic heterocycles. The maximum atomic E-state index is 12.7. The molecule has 202 valence electrons. The molecule has 1 aromatic carbocycles. The number of nitrogens with zero attached hydrogens (tertiary/aromatic N) is 4. The molecule has 1 N–H and O–H groups in total. The first kappa shape index (κ1) is 28.5. The number of aromatic amines is 1. The number of ether oxygens (including phenoxy) is 2. The lowest BCUT2D eigenvalue weighted by atomic mass is 9.95. The van der Waals surface area contributed by atoms with Crippen LogP contribution in [0, 0.1) is 6.92 Å². The highest BCUT2D eigenvalue weighted by molar-refractivity contribution is 7.86. The van der Waals surface area contributed by atoms with Gasteiger partial charge in [0.15, 0.2) is 0 Å². The van der Waals surface area contributed by atoms with Gasteiger partial charge in [-0.1, -0.05) is 35.4 Å². The topological polar surface area (TPSA) is 209 Å². The van der Waals surface area contributed by atoms with Gasteiger partial charge in [-0.25, -0.2) is 4.79 Å². The fourth-order valence-corrected chi connectivity index (χ4v) is 4.54. The molecule has 0 bridgehead atoms. The summed E-state index contributed by atoms with van der Waals surface area (Å²) in [6, 6.07) is 7.36. The quantitative estimate of drug-likeness (QED) is 0.172. The van der Waals surface area contributed by atoms with E-state index in [4.69, 9.17) is 17.8 Å². The molecule has 0 amide bonds. The van der Waals surface area contributed by atoms with Crippen LogP contribution in [0.4, 0.5) is 0 Å². The zero-order valence-electron chi connectivity index (χ0n) is 20.0. The highest BCUT2D eigenvalue weighted by Crippen LogP contribution is 2.42. The van der Waals surface area contributed by atoms with E-state index in [-0.39, 0.29) is 12.2 Å². The second-order valence-electron chi connectivity index (χ2n) is 8.40. The summed E-state index contributed by atoms with van der Waals surface area (Å²) >= 11 is 0. The van der Waals surface area contributed by atoms with E-state index >= 15 is 0 Å². The fourth-order valence-electron chi connectivity index (χ4n) is 3.71. The van der Waals surface area contributed by atoms with Crippen LogP contribution < -0.4 is 11.2 Å². The Morgan fingerprint density at radius 1 is 1.11 bits per heavy atom. The molecule has 0 spiro atoms. The van der Waals surface area contributed by atoms with E-state index in [1.807, 2.05) is 0 Å². The Labute approximate surface area is 211 Å². The van der Waals surface area contributed by atoms with E-state index in [9.17, 15) is 32.0 Å². The van der Waals surface area contributed by atoms with Crippen LogP contribution >= 0.6 is 0 Å². The minimum Gasteiger partial charge on any atom is -0.370 e. The Morgan fingerprint density at radius 3 is 2.24 bits per heavy atom. The van der Waals surface area contributed by atoms with Crippen molar-refractivity contribution in [3.8, 4) is 0 Å². The number of benzene rings is 1. The molecular formula is C20H25N5O10S2. The van der Waals surface area contributed by atoms with Crippen LogP contribution in [-0.2, 0) is 44.7 Å². The minimum atomic E-state index is -4.09. The lowest BCUT2D eigenvalue weighted by Gasteiger charge is -2.33. The van der Waals surface area contributed by atoms with Crippen molar-refractivity contribution in [1.29, 1.82) is 0 Å². The number of H-pyrrole nitrogens is 1. The predicted octanol–water partition coefficient (Wildman–Crippen LogP) is 0.329. The third-order valence-electron chi connectivity index (χ3n) is 5.39. The van der Waals surface area contributed by atoms with E-state index < -0.39 is 68.7 Å². The van der Waals surface area contributed by atoms with E-state index in [0.717, 1.165) is 23.3 Å². The Bertz CT molecular complexity index is 1460. The Kier molecular flexibility index (Phi) is 8.59. The molecular weight excluding hydrogens is 534 g/mol. The van der Waals surface area contributed by atoms with Crippen LogP contribution in [0.2, 0.25) is 0 Å². The van der Waals surface area contributed by atoms with Crippen molar-refractivity contribution in [2.45, 2.75) is 37.5 Å². The Morgan fingerprint density at radius 2 is 1.70 bits per heavy atom. The summed E-state index contributed by atoms with van der Waals surface area (Å²) in [5.74, 6) is 0. The van der Waals surface area contributed by atoms with Crippen molar-refractivity contribution in [2.75, 3.05) is 25.7 Å². The molecule has 0 saturated carbocycles. The summed E-state index contributed by atoms with van der Waals surface area (Å²) in [6.45, 7) is -0.307.